The molecule has 1 aromatic heterocycles. The van der Waals surface area contributed by atoms with Gasteiger partial charge in [0.15, 0.2) is 6.29 Å². The standard InChI is InChI=1S/C15H15NO4/c1-18-13-6-5-11(9-17)14(8-13)20-10-12-4-3-7-16-15(12)19-2/h3-9H,10H2,1-2H3. The number of pyridine rings is 1. The summed E-state index contributed by atoms with van der Waals surface area (Å²) in [5.74, 6) is 1.59. The second-order valence-corrected chi connectivity index (χ2v) is 3.98. The Balaban J connectivity index is 2.19. The second-order valence-electron chi connectivity index (χ2n) is 3.98. The molecule has 104 valence electrons. The van der Waals surface area contributed by atoms with Crippen molar-refractivity contribution in [3.05, 3.63) is 47.7 Å². The van der Waals surface area contributed by atoms with Crippen LogP contribution in [-0.2, 0) is 6.61 Å². The average Bonchev–Trinajstić information content (AvgIpc) is 2.52. The number of carbonyl (C=O) groups is 1. The van der Waals surface area contributed by atoms with Crippen LogP contribution in [0.4, 0.5) is 0 Å². The van der Waals surface area contributed by atoms with Crippen LogP contribution >= 0.6 is 0 Å². The van der Waals surface area contributed by atoms with Crippen molar-refractivity contribution in [3.63, 3.8) is 0 Å². The first-order valence-electron chi connectivity index (χ1n) is 6.02. The van der Waals surface area contributed by atoms with Crippen LogP contribution in [0.25, 0.3) is 0 Å². The van der Waals surface area contributed by atoms with E-state index in [1.807, 2.05) is 6.07 Å². The lowest BCUT2D eigenvalue weighted by molar-refractivity contribution is 0.111. The first-order chi connectivity index (χ1) is 9.78. The number of hydrogen-bond donors (Lipinski definition) is 0. The Morgan fingerprint density at radius 1 is 1.20 bits per heavy atom. The molecule has 0 saturated carbocycles. The van der Waals surface area contributed by atoms with Gasteiger partial charge in [-0.05, 0) is 24.3 Å². The molecule has 0 spiro atoms. The van der Waals surface area contributed by atoms with E-state index in [9.17, 15) is 4.79 Å². The van der Waals surface area contributed by atoms with Gasteiger partial charge in [-0.3, -0.25) is 4.79 Å². The second kappa shape index (κ2) is 6.56. The summed E-state index contributed by atoms with van der Waals surface area (Å²) in [7, 11) is 3.11. The molecule has 0 amide bonds. The van der Waals surface area contributed by atoms with Gasteiger partial charge in [-0.15, -0.1) is 0 Å². The molecular weight excluding hydrogens is 258 g/mol. The minimum atomic E-state index is 0.255. The van der Waals surface area contributed by atoms with Crippen molar-refractivity contribution in [1.29, 1.82) is 0 Å². The van der Waals surface area contributed by atoms with Gasteiger partial charge < -0.3 is 14.2 Å². The summed E-state index contributed by atoms with van der Waals surface area (Å²) >= 11 is 0. The van der Waals surface area contributed by atoms with Crippen molar-refractivity contribution < 1.29 is 19.0 Å². The van der Waals surface area contributed by atoms with Gasteiger partial charge in [0.05, 0.1) is 25.3 Å². The zero-order valence-electron chi connectivity index (χ0n) is 11.3. The average molecular weight is 273 g/mol. The van der Waals surface area contributed by atoms with Crippen LogP contribution in [-0.4, -0.2) is 25.5 Å². The fourth-order valence-electron chi connectivity index (χ4n) is 1.74. The summed E-state index contributed by atoms with van der Waals surface area (Å²) in [5.41, 5.74) is 1.27. The van der Waals surface area contributed by atoms with E-state index in [1.165, 1.54) is 0 Å². The largest absolute Gasteiger partial charge is 0.497 e. The highest BCUT2D eigenvalue weighted by Gasteiger charge is 2.08. The number of methoxy groups -OCH3 is 2. The number of hydrogen-bond acceptors (Lipinski definition) is 5. The van der Waals surface area contributed by atoms with Gasteiger partial charge in [0.25, 0.3) is 0 Å². The van der Waals surface area contributed by atoms with Gasteiger partial charge in [-0.2, -0.15) is 0 Å². The van der Waals surface area contributed by atoms with E-state index in [0.29, 0.717) is 22.9 Å². The van der Waals surface area contributed by atoms with Gasteiger partial charge in [0.1, 0.15) is 18.1 Å². The molecule has 20 heavy (non-hydrogen) atoms. The fraction of sp³-hybridized carbons (Fsp3) is 0.200. The highest BCUT2D eigenvalue weighted by atomic mass is 16.5. The van der Waals surface area contributed by atoms with Crippen LogP contribution in [0.5, 0.6) is 17.4 Å². The quantitative estimate of drug-likeness (QED) is 0.757. The normalized spacial score (nSPS) is 9.90. The highest BCUT2D eigenvalue weighted by molar-refractivity contribution is 5.79. The summed E-state index contributed by atoms with van der Waals surface area (Å²) in [6.45, 7) is 0.255. The molecular formula is C15H15NO4. The maximum absolute atomic E-state index is 11.0. The van der Waals surface area contributed by atoms with Crippen LogP contribution in [0, 0.1) is 0 Å². The highest BCUT2D eigenvalue weighted by Crippen LogP contribution is 2.25. The first kappa shape index (κ1) is 13.9. The van der Waals surface area contributed by atoms with Crippen LogP contribution in [0.15, 0.2) is 36.5 Å². The van der Waals surface area contributed by atoms with E-state index in [-0.39, 0.29) is 6.61 Å². The molecule has 0 fully saturated rings. The number of rotatable bonds is 6. The van der Waals surface area contributed by atoms with Crippen molar-refractivity contribution >= 4 is 6.29 Å². The molecule has 0 unspecified atom stereocenters. The molecule has 0 aliphatic rings. The third kappa shape index (κ3) is 3.06. The van der Waals surface area contributed by atoms with E-state index < -0.39 is 0 Å². The minimum Gasteiger partial charge on any atom is -0.497 e. The summed E-state index contributed by atoms with van der Waals surface area (Å²) in [6.07, 6.45) is 2.39. The molecule has 0 aliphatic carbocycles. The van der Waals surface area contributed by atoms with Crippen molar-refractivity contribution in [2.75, 3.05) is 14.2 Å². The zero-order chi connectivity index (χ0) is 14.4. The van der Waals surface area contributed by atoms with Crippen LogP contribution in [0.1, 0.15) is 15.9 Å². The predicted molar refractivity (Wildman–Crippen MR) is 73.5 cm³/mol. The van der Waals surface area contributed by atoms with Crippen LogP contribution < -0.4 is 14.2 Å². The summed E-state index contributed by atoms with van der Waals surface area (Å²) in [5, 5.41) is 0. The van der Waals surface area contributed by atoms with Gasteiger partial charge >= 0.3 is 0 Å². The number of benzene rings is 1. The monoisotopic (exact) mass is 273 g/mol. The van der Waals surface area contributed by atoms with E-state index in [0.717, 1.165) is 11.8 Å². The minimum absolute atomic E-state index is 0.255. The smallest absolute Gasteiger partial charge is 0.219 e. The van der Waals surface area contributed by atoms with Gasteiger partial charge in [0, 0.05) is 12.3 Å². The van der Waals surface area contributed by atoms with Crippen molar-refractivity contribution in [2.45, 2.75) is 6.61 Å². The van der Waals surface area contributed by atoms with Crippen molar-refractivity contribution in [3.8, 4) is 17.4 Å². The third-order valence-corrected chi connectivity index (χ3v) is 2.77. The zero-order valence-corrected chi connectivity index (χ0v) is 11.3. The van der Waals surface area contributed by atoms with E-state index in [4.69, 9.17) is 14.2 Å². The maximum atomic E-state index is 11.0. The van der Waals surface area contributed by atoms with Crippen molar-refractivity contribution in [2.24, 2.45) is 0 Å². The van der Waals surface area contributed by atoms with E-state index in [1.54, 1.807) is 44.7 Å². The van der Waals surface area contributed by atoms with Crippen LogP contribution in [0.2, 0.25) is 0 Å². The summed E-state index contributed by atoms with van der Waals surface area (Å²) in [4.78, 5) is 15.1. The Bertz CT molecular complexity index is 598. The van der Waals surface area contributed by atoms with E-state index in [2.05, 4.69) is 4.98 Å². The molecule has 1 heterocycles. The molecule has 0 aliphatic heterocycles. The molecule has 2 rings (SSSR count). The number of ether oxygens (including phenoxy) is 3. The first-order valence-corrected chi connectivity index (χ1v) is 6.02. The van der Waals surface area contributed by atoms with Crippen LogP contribution in [0.3, 0.4) is 0 Å². The molecule has 0 bridgehead atoms. The molecule has 5 nitrogen and oxygen atoms in total. The Kier molecular flexibility index (Phi) is 4.55. The molecule has 0 saturated heterocycles. The van der Waals surface area contributed by atoms with Gasteiger partial charge in [0.2, 0.25) is 5.88 Å². The number of carbonyl (C=O) groups excluding carboxylic acids is 1. The maximum Gasteiger partial charge on any atom is 0.219 e. The predicted octanol–water partition coefficient (Wildman–Crippen LogP) is 2.49. The SMILES string of the molecule is COc1ccc(C=O)c(OCc2cccnc2OC)c1. The number of aldehydes is 1. The summed E-state index contributed by atoms with van der Waals surface area (Å²) < 4.78 is 15.9. The lowest BCUT2D eigenvalue weighted by atomic mass is 10.2. The Hall–Kier alpha value is -2.56. The lowest BCUT2D eigenvalue weighted by Crippen LogP contribution is -2.02. The molecule has 2 aromatic rings. The number of aromatic nitrogens is 1. The third-order valence-electron chi connectivity index (χ3n) is 2.77. The number of nitrogens with zero attached hydrogens (tertiary/aromatic N) is 1. The Morgan fingerprint density at radius 2 is 2.05 bits per heavy atom. The van der Waals surface area contributed by atoms with E-state index >= 15 is 0 Å². The summed E-state index contributed by atoms with van der Waals surface area (Å²) in [6, 6.07) is 8.69. The molecule has 0 N–H and O–H groups in total. The molecule has 0 radical (unpaired) electrons. The fourth-order valence-corrected chi connectivity index (χ4v) is 1.74. The topological polar surface area (TPSA) is 57.7 Å². The van der Waals surface area contributed by atoms with Crippen molar-refractivity contribution in [1.82, 2.24) is 4.98 Å². The van der Waals surface area contributed by atoms with Gasteiger partial charge in [-0.1, -0.05) is 0 Å². The van der Waals surface area contributed by atoms with Gasteiger partial charge in [-0.25, -0.2) is 4.98 Å². The molecule has 0 atom stereocenters. The Labute approximate surface area is 117 Å². The lowest BCUT2D eigenvalue weighted by Gasteiger charge is -2.11. The Morgan fingerprint density at radius 3 is 2.75 bits per heavy atom. The molecule has 1 aromatic carbocycles. The molecule has 5 heteroatoms.